The molecule has 0 spiro atoms. The van der Waals surface area contributed by atoms with Crippen LogP contribution in [0.4, 0.5) is 0 Å². The van der Waals surface area contributed by atoms with Crippen LogP contribution in [0.15, 0.2) is 28.9 Å². The summed E-state index contributed by atoms with van der Waals surface area (Å²) >= 11 is 0. The van der Waals surface area contributed by atoms with Crippen LogP contribution in [0.25, 0.3) is 6.08 Å². The number of hydrogen-bond donors (Lipinski definition) is 0. The SMILES string of the molecule is CC1CCN(C(=O)/C=C/c2ccco2)CC1. The molecule has 0 N–H and O–H groups in total. The molecule has 1 aliphatic heterocycles. The summed E-state index contributed by atoms with van der Waals surface area (Å²) in [6, 6.07) is 3.65. The number of hydrogen-bond acceptors (Lipinski definition) is 2. The van der Waals surface area contributed by atoms with Crippen LogP contribution in [0.1, 0.15) is 25.5 Å². The highest BCUT2D eigenvalue weighted by atomic mass is 16.3. The molecule has 1 aromatic heterocycles. The van der Waals surface area contributed by atoms with Gasteiger partial charge in [0.05, 0.1) is 6.26 Å². The molecule has 0 radical (unpaired) electrons. The Balaban J connectivity index is 1.88. The number of piperidine rings is 1. The van der Waals surface area contributed by atoms with Crippen molar-refractivity contribution in [2.75, 3.05) is 13.1 Å². The zero-order valence-electron chi connectivity index (χ0n) is 9.56. The average Bonchev–Trinajstić information content (AvgIpc) is 2.80. The highest BCUT2D eigenvalue weighted by Crippen LogP contribution is 2.16. The number of rotatable bonds is 2. The maximum absolute atomic E-state index is 11.8. The van der Waals surface area contributed by atoms with Crippen molar-refractivity contribution in [1.82, 2.24) is 4.90 Å². The summed E-state index contributed by atoms with van der Waals surface area (Å²) in [5.74, 6) is 1.56. The van der Waals surface area contributed by atoms with E-state index in [0.717, 1.165) is 37.6 Å². The Labute approximate surface area is 95.7 Å². The van der Waals surface area contributed by atoms with Crippen molar-refractivity contribution in [2.24, 2.45) is 5.92 Å². The fourth-order valence-electron chi connectivity index (χ4n) is 1.87. The van der Waals surface area contributed by atoms with E-state index < -0.39 is 0 Å². The second-order valence-corrected chi connectivity index (χ2v) is 4.36. The van der Waals surface area contributed by atoms with Crippen molar-refractivity contribution in [1.29, 1.82) is 0 Å². The van der Waals surface area contributed by atoms with Gasteiger partial charge in [0.2, 0.25) is 5.91 Å². The minimum absolute atomic E-state index is 0.0864. The standard InChI is InChI=1S/C13H17NO2/c1-11-6-8-14(9-7-11)13(15)5-4-12-3-2-10-16-12/h2-5,10-11H,6-9H2,1H3/b5-4+. The van der Waals surface area contributed by atoms with Crippen LogP contribution in [0.5, 0.6) is 0 Å². The third-order valence-electron chi connectivity index (χ3n) is 3.03. The van der Waals surface area contributed by atoms with E-state index in [4.69, 9.17) is 4.42 Å². The number of likely N-dealkylation sites (tertiary alicyclic amines) is 1. The van der Waals surface area contributed by atoms with Crippen LogP contribution in [0, 0.1) is 5.92 Å². The molecule has 0 aromatic carbocycles. The highest BCUT2D eigenvalue weighted by Gasteiger charge is 2.18. The van der Waals surface area contributed by atoms with Crippen LogP contribution in [0.3, 0.4) is 0 Å². The molecule has 0 atom stereocenters. The molecule has 3 heteroatoms. The van der Waals surface area contributed by atoms with Gasteiger partial charge in [-0.2, -0.15) is 0 Å². The molecule has 1 amide bonds. The number of carbonyl (C=O) groups is 1. The lowest BCUT2D eigenvalue weighted by Gasteiger charge is -2.29. The molecule has 0 unspecified atom stereocenters. The molecule has 16 heavy (non-hydrogen) atoms. The van der Waals surface area contributed by atoms with Crippen molar-refractivity contribution in [3.63, 3.8) is 0 Å². The van der Waals surface area contributed by atoms with Crippen molar-refractivity contribution in [2.45, 2.75) is 19.8 Å². The highest BCUT2D eigenvalue weighted by molar-refractivity contribution is 5.91. The Hall–Kier alpha value is -1.51. The van der Waals surface area contributed by atoms with E-state index in [1.807, 2.05) is 17.0 Å². The molecule has 1 saturated heterocycles. The number of amides is 1. The second kappa shape index (κ2) is 5.01. The Kier molecular flexibility index (Phi) is 3.44. The van der Waals surface area contributed by atoms with E-state index in [9.17, 15) is 4.79 Å². The topological polar surface area (TPSA) is 33.5 Å². The van der Waals surface area contributed by atoms with Crippen molar-refractivity contribution in [3.05, 3.63) is 30.2 Å². The van der Waals surface area contributed by atoms with Gasteiger partial charge in [0.25, 0.3) is 0 Å². The lowest BCUT2D eigenvalue weighted by molar-refractivity contribution is -0.127. The maximum Gasteiger partial charge on any atom is 0.246 e. The van der Waals surface area contributed by atoms with Gasteiger partial charge in [-0.1, -0.05) is 6.92 Å². The maximum atomic E-state index is 11.8. The summed E-state index contributed by atoms with van der Waals surface area (Å²) in [5.41, 5.74) is 0. The zero-order chi connectivity index (χ0) is 11.4. The second-order valence-electron chi connectivity index (χ2n) is 4.36. The smallest absolute Gasteiger partial charge is 0.246 e. The summed E-state index contributed by atoms with van der Waals surface area (Å²) in [4.78, 5) is 13.7. The third kappa shape index (κ3) is 2.75. The number of furan rings is 1. The van der Waals surface area contributed by atoms with E-state index in [2.05, 4.69) is 6.92 Å². The van der Waals surface area contributed by atoms with Gasteiger partial charge in [0.15, 0.2) is 0 Å². The average molecular weight is 219 g/mol. The van der Waals surface area contributed by atoms with E-state index in [1.54, 1.807) is 18.4 Å². The Morgan fingerprint density at radius 1 is 1.50 bits per heavy atom. The predicted molar refractivity (Wildman–Crippen MR) is 62.7 cm³/mol. The molecule has 1 aliphatic rings. The summed E-state index contributed by atoms with van der Waals surface area (Å²) in [7, 11) is 0. The number of nitrogens with zero attached hydrogens (tertiary/aromatic N) is 1. The van der Waals surface area contributed by atoms with Gasteiger partial charge < -0.3 is 9.32 Å². The summed E-state index contributed by atoms with van der Waals surface area (Å²) < 4.78 is 5.13. The molecular weight excluding hydrogens is 202 g/mol. The van der Waals surface area contributed by atoms with Gasteiger partial charge in [0, 0.05) is 19.2 Å². The van der Waals surface area contributed by atoms with Gasteiger partial charge >= 0.3 is 0 Å². The van der Waals surface area contributed by atoms with Crippen LogP contribution in [-0.2, 0) is 4.79 Å². The lowest BCUT2D eigenvalue weighted by atomic mass is 9.99. The Morgan fingerprint density at radius 3 is 2.88 bits per heavy atom. The zero-order valence-corrected chi connectivity index (χ0v) is 9.56. The first-order chi connectivity index (χ1) is 7.75. The molecular formula is C13H17NO2. The minimum Gasteiger partial charge on any atom is -0.465 e. The molecule has 2 heterocycles. The monoisotopic (exact) mass is 219 g/mol. The predicted octanol–water partition coefficient (Wildman–Crippen LogP) is 2.55. The molecule has 0 aliphatic carbocycles. The van der Waals surface area contributed by atoms with E-state index in [1.165, 1.54) is 0 Å². The fraction of sp³-hybridized carbons (Fsp3) is 0.462. The van der Waals surface area contributed by atoms with Crippen molar-refractivity contribution in [3.8, 4) is 0 Å². The van der Waals surface area contributed by atoms with Gasteiger partial charge in [-0.25, -0.2) is 0 Å². The van der Waals surface area contributed by atoms with Crippen LogP contribution >= 0.6 is 0 Å². The van der Waals surface area contributed by atoms with Crippen molar-refractivity contribution >= 4 is 12.0 Å². The third-order valence-corrected chi connectivity index (χ3v) is 3.03. The first kappa shape index (κ1) is 11.0. The van der Waals surface area contributed by atoms with E-state index in [-0.39, 0.29) is 5.91 Å². The van der Waals surface area contributed by atoms with Gasteiger partial charge in [-0.15, -0.1) is 0 Å². The van der Waals surface area contributed by atoms with Crippen molar-refractivity contribution < 1.29 is 9.21 Å². The molecule has 1 fully saturated rings. The summed E-state index contributed by atoms with van der Waals surface area (Å²) in [5, 5.41) is 0. The van der Waals surface area contributed by atoms with E-state index >= 15 is 0 Å². The fourth-order valence-corrected chi connectivity index (χ4v) is 1.87. The molecule has 1 aromatic rings. The molecule has 86 valence electrons. The minimum atomic E-state index is 0.0864. The largest absolute Gasteiger partial charge is 0.465 e. The van der Waals surface area contributed by atoms with E-state index in [0.29, 0.717) is 0 Å². The first-order valence-electron chi connectivity index (χ1n) is 5.76. The Morgan fingerprint density at radius 2 is 2.25 bits per heavy atom. The van der Waals surface area contributed by atoms with Crippen LogP contribution < -0.4 is 0 Å². The van der Waals surface area contributed by atoms with Crippen LogP contribution in [0.2, 0.25) is 0 Å². The quantitative estimate of drug-likeness (QED) is 0.716. The molecule has 3 nitrogen and oxygen atoms in total. The summed E-state index contributed by atoms with van der Waals surface area (Å²) in [6.07, 6.45) is 7.14. The van der Waals surface area contributed by atoms with Crippen LogP contribution in [-0.4, -0.2) is 23.9 Å². The van der Waals surface area contributed by atoms with Gasteiger partial charge in [-0.3, -0.25) is 4.79 Å². The molecule has 0 bridgehead atoms. The molecule has 0 saturated carbocycles. The number of carbonyl (C=O) groups excluding carboxylic acids is 1. The van der Waals surface area contributed by atoms with Gasteiger partial charge in [0.1, 0.15) is 5.76 Å². The van der Waals surface area contributed by atoms with Gasteiger partial charge in [-0.05, 0) is 37.0 Å². The lowest BCUT2D eigenvalue weighted by Crippen LogP contribution is -2.36. The summed E-state index contributed by atoms with van der Waals surface area (Å²) in [6.45, 7) is 3.99. The normalized spacial score (nSPS) is 18.2. The first-order valence-corrected chi connectivity index (χ1v) is 5.76. The molecule has 2 rings (SSSR count). The Bertz CT molecular complexity index is 359.